The van der Waals surface area contributed by atoms with E-state index in [1.165, 1.54) is 0 Å². The molecule has 0 saturated carbocycles. The molecule has 1 atom stereocenters. The van der Waals surface area contributed by atoms with Gasteiger partial charge in [0.2, 0.25) is 6.29 Å². The summed E-state index contributed by atoms with van der Waals surface area (Å²) in [6, 6.07) is 17.8. The van der Waals surface area contributed by atoms with Crippen molar-refractivity contribution in [1.82, 2.24) is 4.98 Å². The molecule has 22 heavy (non-hydrogen) atoms. The number of rotatable bonds is 3. The molecule has 2 aromatic carbocycles. The van der Waals surface area contributed by atoms with Crippen molar-refractivity contribution in [2.45, 2.75) is 19.5 Å². The van der Waals surface area contributed by atoms with Crippen LogP contribution < -0.4 is 0 Å². The number of hydrogen-bond acceptors (Lipinski definition) is 3. The SMILES string of the molecule is Clc1ccccc1COC1OCc2cc3ccccc3nc21. The third-order valence-corrected chi connectivity index (χ3v) is 4.17. The van der Waals surface area contributed by atoms with Gasteiger partial charge in [0.25, 0.3) is 0 Å². The van der Waals surface area contributed by atoms with Crippen LogP contribution in [0.25, 0.3) is 10.9 Å². The summed E-state index contributed by atoms with van der Waals surface area (Å²) in [5.41, 5.74) is 3.86. The lowest BCUT2D eigenvalue weighted by atomic mass is 10.1. The summed E-state index contributed by atoms with van der Waals surface area (Å²) >= 11 is 6.15. The van der Waals surface area contributed by atoms with Crippen molar-refractivity contribution in [2.75, 3.05) is 0 Å². The molecule has 1 aromatic heterocycles. The van der Waals surface area contributed by atoms with Gasteiger partial charge in [-0.25, -0.2) is 4.98 Å². The lowest BCUT2D eigenvalue weighted by Crippen LogP contribution is -2.05. The van der Waals surface area contributed by atoms with Gasteiger partial charge in [0.1, 0.15) is 5.69 Å². The van der Waals surface area contributed by atoms with Crippen LogP contribution in [0, 0.1) is 0 Å². The van der Waals surface area contributed by atoms with E-state index < -0.39 is 6.29 Å². The quantitative estimate of drug-likeness (QED) is 0.706. The molecule has 0 saturated heterocycles. The van der Waals surface area contributed by atoms with Gasteiger partial charge in [0.15, 0.2) is 0 Å². The molecular formula is C18H14ClNO2. The van der Waals surface area contributed by atoms with Gasteiger partial charge in [-0.3, -0.25) is 0 Å². The van der Waals surface area contributed by atoms with E-state index in [-0.39, 0.29) is 0 Å². The standard InChI is InChI=1S/C18H14ClNO2/c19-15-7-3-1-6-13(15)10-21-18-17-14(11-22-18)9-12-5-2-4-8-16(12)20-17/h1-9,18H,10-11H2. The molecule has 1 aliphatic rings. The fourth-order valence-electron chi connectivity index (χ4n) is 2.65. The zero-order valence-corrected chi connectivity index (χ0v) is 12.6. The van der Waals surface area contributed by atoms with Crippen molar-refractivity contribution in [3.63, 3.8) is 0 Å². The second-order valence-electron chi connectivity index (χ2n) is 5.27. The second-order valence-corrected chi connectivity index (χ2v) is 5.68. The molecule has 0 fully saturated rings. The largest absolute Gasteiger partial charge is 0.342 e. The lowest BCUT2D eigenvalue weighted by Gasteiger charge is -2.13. The number of pyridine rings is 1. The minimum absolute atomic E-state index is 0.401. The molecule has 0 radical (unpaired) electrons. The summed E-state index contributed by atoms with van der Waals surface area (Å²) in [6.07, 6.45) is -0.434. The summed E-state index contributed by atoms with van der Waals surface area (Å²) in [6.45, 7) is 0.929. The first-order valence-corrected chi connectivity index (χ1v) is 7.54. The first-order valence-electron chi connectivity index (χ1n) is 7.16. The molecule has 4 heteroatoms. The molecule has 1 unspecified atom stereocenters. The van der Waals surface area contributed by atoms with Crippen molar-refractivity contribution in [2.24, 2.45) is 0 Å². The molecular weight excluding hydrogens is 298 g/mol. The Morgan fingerprint density at radius 3 is 2.86 bits per heavy atom. The molecule has 3 nitrogen and oxygen atoms in total. The van der Waals surface area contributed by atoms with Gasteiger partial charge in [-0.1, -0.05) is 48.0 Å². The zero-order valence-electron chi connectivity index (χ0n) is 11.8. The number of benzene rings is 2. The van der Waals surface area contributed by atoms with E-state index in [1.54, 1.807) is 0 Å². The van der Waals surface area contributed by atoms with Crippen LogP contribution >= 0.6 is 11.6 Å². The number of halogens is 1. The Labute approximate surface area is 133 Å². The maximum absolute atomic E-state index is 6.15. The third kappa shape index (κ3) is 2.48. The van der Waals surface area contributed by atoms with Crippen molar-refractivity contribution in [3.8, 4) is 0 Å². The summed E-state index contributed by atoms with van der Waals surface area (Å²) in [4.78, 5) is 4.69. The van der Waals surface area contributed by atoms with Crippen LogP contribution in [0.2, 0.25) is 5.02 Å². The smallest absolute Gasteiger partial charge is 0.202 e. The summed E-state index contributed by atoms with van der Waals surface area (Å²) in [5.74, 6) is 0. The molecule has 0 amide bonds. The van der Waals surface area contributed by atoms with Crippen LogP contribution in [0.4, 0.5) is 0 Å². The predicted octanol–water partition coefficient (Wildman–Crippen LogP) is 4.63. The summed E-state index contributed by atoms with van der Waals surface area (Å²) < 4.78 is 11.6. The monoisotopic (exact) mass is 311 g/mol. The molecule has 2 heterocycles. The Balaban J connectivity index is 1.59. The molecule has 1 aliphatic heterocycles. The van der Waals surface area contributed by atoms with Crippen molar-refractivity contribution in [3.05, 3.63) is 76.4 Å². The molecule has 4 rings (SSSR count). The topological polar surface area (TPSA) is 31.4 Å². The highest BCUT2D eigenvalue weighted by Gasteiger charge is 2.26. The van der Waals surface area contributed by atoms with E-state index in [1.807, 2.05) is 42.5 Å². The van der Waals surface area contributed by atoms with E-state index >= 15 is 0 Å². The van der Waals surface area contributed by atoms with Gasteiger partial charge in [-0.05, 0) is 23.8 Å². The number of aromatic nitrogens is 1. The maximum Gasteiger partial charge on any atom is 0.202 e. The Morgan fingerprint density at radius 1 is 1.14 bits per heavy atom. The summed E-state index contributed by atoms with van der Waals surface area (Å²) in [7, 11) is 0. The Morgan fingerprint density at radius 2 is 1.95 bits per heavy atom. The molecule has 3 aromatic rings. The average molecular weight is 312 g/mol. The minimum Gasteiger partial charge on any atom is -0.342 e. The molecule has 0 N–H and O–H groups in total. The van der Waals surface area contributed by atoms with Crippen LogP contribution in [-0.4, -0.2) is 4.98 Å². The fraction of sp³-hybridized carbons (Fsp3) is 0.167. The van der Waals surface area contributed by atoms with E-state index in [2.05, 4.69) is 17.1 Å². The van der Waals surface area contributed by atoms with Crippen molar-refractivity contribution in [1.29, 1.82) is 0 Å². The number of ether oxygens (including phenoxy) is 2. The second kappa shape index (κ2) is 5.69. The fourth-order valence-corrected chi connectivity index (χ4v) is 2.84. The minimum atomic E-state index is -0.434. The summed E-state index contributed by atoms with van der Waals surface area (Å²) in [5, 5.41) is 1.82. The molecule has 0 spiro atoms. The Kier molecular flexibility index (Phi) is 3.54. The first-order chi connectivity index (χ1) is 10.8. The van der Waals surface area contributed by atoms with E-state index in [9.17, 15) is 0 Å². The van der Waals surface area contributed by atoms with Crippen LogP contribution in [-0.2, 0) is 22.7 Å². The van der Waals surface area contributed by atoms with Gasteiger partial charge in [0, 0.05) is 16.0 Å². The highest BCUT2D eigenvalue weighted by Crippen LogP contribution is 2.33. The lowest BCUT2D eigenvalue weighted by molar-refractivity contribution is -0.147. The van der Waals surface area contributed by atoms with E-state index in [4.69, 9.17) is 21.1 Å². The normalized spacial score (nSPS) is 16.9. The average Bonchev–Trinajstić information content (AvgIpc) is 2.94. The number of nitrogens with zero attached hydrogens (tertiary/aromatic N) is 1. The number of para-hydroxylation sites is 1. The van der Waals surface area contributed by atoms with E-state index in [0.29, 0.717) is 18.2 Å². The highest BCUT2D eigenvalue weighted by molar-refractivity contribution is 6.31. The number of fused-ring (bicyclic) bond motifs is 2. The Hall–Kier alpha value is -1.94. The van der Waals surface area contributed by atoms with E-state index in [0.717, 1.165) is 27.7 Å². The predicted molar refractivity (Wildman–Crippen MR) is 85.5 cm³/mol. The molecule has 0 bridgehead atoms. The van der Waals surface area contributed by atoms with Crippen molar-refractivity contribution >= 4 is 22.5 Å². The first kappa shape index (κ1) is 13.7. The van der Waals surface area contributed by atoms with Gasteiger partial charge in [-0.2, -0.15) is 0 Å². The highest BCUT2D eigenvalue weighted by atomic mass is 35.5. The number of hydrogen-bond donors (Lipinski definition) is 0. The molecule has 0 aliphatic carbocycles. The van der Waals surface area contributed by atoms with Gasteiger partial charge < -0.3 is 9.47 Å². The Bertz CT molecular complexity index is 834. The van der Waals surface area contributed by atoms with Gasteiger partial charge in [0.05, 0.1) is 18.7 Å². The van der Waals surface area contributed by atoms with Crippen LogP contribution in [0.1, 0.15) is 23.1 Å². The van der Waals surface area contributed by atoms with Crippen LogP contribution in [0.3, 0.4) is 0 Å². The van der Waals surface area contributed by atoms with Crippen LogP contribution in [0.5, 0.6) is 0 Å². The van der Waals surface area contributed by atoms with Gasteiger partial charge >= 0.3 is 0 Å². The van der Waals surface area contributed by atoms with Crippen molar-refractivity contribution < 1.29 is 9.47 Å². The van der Waals surface area contributed by atoms with Gasteiger partial charge in [-0.15, -0.1) is 0 Å². The zero-order chi connectivity index (χ0) is 14.9. The van der Waals surface area contributed by atoms with Crippen LogP contribution in [0.15, 0.2) is 54.6 Å². The molecule has 110 valence electrons. The maximum atomic E-state index is 6.15. The third-order valence-electron chi connectivity index (χ3n) is 3.80.